The summed E-state index contributed by atoms with van der Waals surface area (Å²) in [5, 5.41) is 0.248. The minimum absolute atomic E-state index is 0.248. The molecule has 0 aromatic carbocycles. The molecule has 0 aliphatic carbocycles. The quantitative estimate of drug-likeness (QED) is 0.336. The number of isocyanates is 1. The van der Waals surface area contributed by atoms with Gasteiger partial charge in [-0.15, -0.1) is 0 Å². The van der Waals surface area contributed by atoms with Crippen molar-refractivity contribution in [2.24, 2.45) is 4.99 Å². The highest BCUT2D eigenvalue weighted by atomic mass is 35.5. The predicted molar refractivity (Wildman–Crippen MR) is 57.4 cm³/mol. The monoisotopic (exact) mass is 226 g/mol. The molecule has 1 heterocycles. The van der Waals surface area contributed by atoms with Crippen LogP contribution in [0.1, 0.15) is 19.8 Å². The molecule has 5 heteroatoms. The number of rotatable bonds is 5. The van der Waals surface area contributed by atoms with Crippen molar-refractivity contribution in [1.82, 2.24) is 4.98 Å². The van der Waals surface area contributed by atoms with E-state index in [1.807, 2.05) is 0 Å². The summed E-state index contributed by atoms with van der Waals surface area (Å²) in [7, 11) is 0. The normalized spacial score (nSPS) is 9.47. The van der Waals surface area contributed by atoms with Gasteiger partial charge in [-0.1, -0.05) is 24.9 Å². The van der Waals surface area contributed by atoms with Crippen LogP contribution in [0.15, 0.2) is 17.1 Å². The van der Waals surface area contributed by atoms with E-state index in [9.17, 15) is 4.79 Å². The highest BCUT2D eigenvalue weighted by Gasteiger charge is 2.01. The Balaban J connectivity index is 2.74. The summed E-state index contributed by atoms with van der Waals surface area (Å²) in [5.74, 6) is 0.380. The first-order valence-corrected chi connectivity index (χ1v) is 5.02. The molecule has 0 amide bonds. The van der Waals surface area contributed by atoms with Crippen LogP contribution in [0, 0.1) is 0 Å². The van der Waals surface area contributed by atoms with E-state index >= 15 is 0 Å². The van der Waals surface area contributed by atoms with Crippen LogP contribution in [0.25, 0.3) is 0 Å². The molecule has 0 radical (unpaired) electrons. The van der Waals surface area contributed by atoms with Crippen molar-refractivity contribution in [1.29, 1.82) is 0 Å². The molecule has 1 aromatic heterocycles. The lowest BCUT2D eigenvalue weighted by Gasteiger charge is -2.04. The average molecular weight is 227 g/mol. The zero-order valence-electron chi connectivity index (χ0n) is 8.36. The molecule has 80 valence electrons. The van der Waals surface area contributed by atoms with Gasteiger partial charge in [0.15, 0.2) is 0 Å². The van der Waals surface area contributed by atoms with Gasteiger partial charge in [0, 0.05) is 12.1 Å². The van der Waals surface area contributed by atoms with Crippen LogP contribution >= 0.6 is 11.6 Å². The Labute approximate surface area is 92.9 Å². The lowest BCUT2D eigenvalue weighted by molar-refractivity contribution is 0.298. The van der Waals surface area contributed by atoms with Gasteiger partial charge in [-0.3, -0.25) is 0 Å². The number of pyridine rings is 1. The number of unbranched alkanes of at least 4 members (excludes halogenated alkanes) is 1. The molecule has 0 spiro atoms. The molecule has 4 nitrogen and oxygen atoms in total. The predicted octanol–water partition coefficient (Wildman–Crippen LogP) is 2.88. The smallest absolute Gasteiger partial charge is 0.240 e. The highest BCUT2D eigenvalue weighted by Crippen LogP contribution is 2.22. The molecule has 1 rings (SSSR count). The number of hydrogen-bond acceptors (Lipinski definition) is 4. The van der Waals surface area contributed by atoms with E-state index in [2.05, 4.69) is 16.9 Å². The van der Waals surface area contributed by atoms with Gasteiger partial charge in [0.25, 0.3) is 0 Å². The number of hydrogen-bond donors (Lipinski definition) is 0. The Morgan fingerprint density at radius 2 is 2.40 bits per heavy atom. The molecule has 0 bridgehead atoms. The lowest BCUT2D eigenvalue weighted by atomic mass is 10.3. The van der Waals surface area contributed by atoms with Crippen molar-refractivity contribution in [3.05, 3.63) is 17.3 Å². The van der Waals surface area contributed by atoms with Gasteiger partial charge in [-0.05, 0) is 6.42 Å². The Bertz CT molecular complexity index is 376. The summed E-state index contributed by atoms with van der Waals surface area (Å²) in [6.45, 7) is 2.64. The zero-order chi connectivity index (χ0) is 11.1. The first kappa shape index (κ1) is 11.7. The summed E-state index contributed by atoms with van der Waals surface area (Å²) in [4.78, 5) is 17.4. The first-order chi connectivity index (χ1) is 7.26. The molecule has 0 N–H and O–H groups in total. The standard InChI is InChI=1S/C10H11ClN2O2/c1-2-3-4-15-10-6-8(12-7-14)5-9(11)13-10/h5-6H,2-4H2,1H3. The molecule has 1 aromatic rings. The van der Waals surface area contributed by atoms with Crippen LogP contribution < -0.4 is 4.74 Å². The molecular formula is C10H11ClN2O2. The van der Waals surface area contributed by atoms with Gasteiger partial charge >= 0.3 is 0 Å². The molecular weight excluding hydrogens is 216 g/mol. The first-order valence-electron chi connectivity index (χ1n) is 4.64. The van der Waals surface area contributed by atoms with Gasteiger partial charge in [-0.25, -0.2) is 9.78 Å². The van der Waals surface area contributed by atoms with E-state index in [0.717, 1.165) is 12.8 Å². The van der Waals surface area contributed by atoms with E-state index < -0.39 is 0 Å². The third kappa shape index (κ3) is 4.11. The largest absolute Gasteiger partial charge is 0.478 e. The zero-order valence-corrected chi connectivity index (χ0v) is 9.12. The summed E-state index contributed by atoms with van der Waals surface area (Å²) >= 11 is 5.72. The Morgan fingerprint density at radius 1 is 1.60 bits per heavy atom. The van der Waals surface area contributed by atoms with E-state index in [1.54, 1.807) is 6.07 Å². The maximum absolute atomic E-state index is 10.1. The third-order valence-electron chi connectivity index (χ3n) is 1.68. The fourth-order valence-electron chi connectivity index (χ4n) is 0.972. The van der Waals surface area contributed by atoms with E-state index in [1.165, 1.54) is 12.1 Å². The molecule has 0 unspecified atom stereocenters. The van der Waals surface area contributed by atoms with Crippen LogP contribution in [-0.2, 0) is 4.79 Å². The molecule has 0 saturated carbocycles. The van der Waals surface area contributed by atoms with Crippen molar-refractivity contribution in [2.45, 2.75) is 19.8 Å². The van der Waals surface area contributed by atoms with Crippen LogP contribution in [0.5, 0.6) is 5.88 Å². The van der Waals surface area contributed by atoms with Gasteiger partial charge in [0.2, 0.25) is 12.0 Å². The molecule has 0 atom stereocenters. The van der Waals surface area contributed by atoms with Gasteiger partial charge in [0.05, 0.1) is 12.3 Å². The second-order valence-corrected chi connectivity index (χ2v) is 3.28. The summed E-state index contributed by atoms with van der Waals surface area (Å²) < 4.78 is 5.33. The van der Waals surface area contributed by atoms with Crippen molar-refractivity contribution >= 4 is 23.4 Å². The summed E-state index contributed by atoms with van der Waals surface area (Å²) in [6, 6.07) is 3.02. The van der Waals surface area contributed by atoms with Gasteiger partial charge in [0.1, 0.15) is 5.15 Å². The maximum atomic E-state index is 10.1. The maximum Gasteiger partial charge on any atom is 0.240 e. The molecule has 0 fully saturated rings. The van der Waals surface area contributed by atoms with Crippen molar-refractivity contribution < 1.29 is 9.53 Å². The topological polar surface area (TPSA) is 51.5 Å². The van der Waals surface area contributed by atoms with Crippen molar-refractivity contribution in [3.8, 4) is 5.88 Å². The number of ether oxygens (including phenoxy) is 1. The minimum atomic E-state index is 0.248. The van der Waals surface area contributed by atoms with Crippen LogP contribution in [0.3, 0.4) is 0 Å². The molecule has 15 heavy (non-hydrogen) atoms. The number of halogens is 1. The second kappa shape index (κ2) is 6.17. The number of aliphatic imine (C=N–C) groups is 1. The lowest BCUT2D eigenvalue weighted by Crippen LogP contribution is -1.98. The third-order valence-corrected chi connectivity index (χ3v) is 1.87. The van der Waals surface area contributed by atoms with Gasteiger partial charge in [-0.2, -0.15) is 4.99 Å². The summed E-state index contributed by atoms with van der Waals surface area (Å²) in [5.41, 5.74) is 0.400. The van der Waals surface area contributed by atoms with Gasteiger partial charge < -0.3 is 4.74 Å². The fourth-order valence-corrected chi connectivity index (χ4v) is 1.17. The SMILES string of the molecule is CCCCOc1cc(N=C=O)cc(Cl)n1. The summed E-state index contributed by atoms with van der Waals surface area (Å²) in [6.07, 6.45) is 3.43. The van der Waals surface area contributed by atoms with Crippen molar-refractivity contribution in [2.75, 3.05) is 6.61 Å². The van der Waals surface area contributed by atoms with Crippen LogP contribution in [0.2, 0.25) is 5.15 Å². The van der Waals surface area contributed by atoms with Crippen LogP contribution in [-0.4, -0.2) is 17.7 Å². The molecule has 0 saturated heterocycles. The number of nitrogens with zero attached hydrogens (tertiary/aromatic N) is 2. The molecule has 0 aliphatic rings. The molecule has 0 aliphatic heterocycles. The van der Waals surface area contributed by atoms with E-state index in [4.69, 9.17) is 16.3 Å². The second-order valence-electron chi connectivity index (χ2n) is 2.89. The number of aromatic nitrogens is 1. The van der Waals surface area contributed by atoms with E-state index in [0.29, 0.717) is 18.2 Å². The fraction of sp³-hybridized carbons (Fsp3) is 0.400. The van der Waals surface area contributed by atoms with Crippen molar-refractivity contribution in [3.63, 3.8) is 0 Å². The van der Waals surface area contributed by atoms with E-state index in [-0.39, 0.29) is 5.15 Å². The van der Waals surface area contributed by atoms with Crippen LogP contribution in [0.4, 0.5) is 5.69 Å². The Hall–Kier alpha value is -1.38. The highest BCUT2D eigenvalue weighted by molar-refractivity contribution is 6.29. The average Bonchev–Trinajstić information content (AvgIpc) is 2.18. The Morgan fingerprint density at radius 3 is 3.07 bits per heavy atom. The minimum Gasteiger partial charge on any atom is -0.478 e. The number of carbonyl (C=O) groups excluding carboxylic acids is 1. The Kier molecular flexibility index (Phi) is 4.81.